The summed E-state index contributed by atoms with van der Waals surface area (Å²) in [6.07, 6.45) is 2.03. The van der Waals surface area contributed by atoms with Gasteiger partial charge in [0.05, 0.1) is 12.7 Å². The third-order valence-corrected chi connectivity index (χ3v) is 2.16. The number of carbonyl (C=O) groups is 1. The van der Waals surface area contributed by atoms with Crippen molar-refractivity contribution >= 4 is 5.97 Å². The summed E-state index contributed by atoms with van der Waals surface area (Å²) in [5, 5.41) is 0. The second-order valence-electron chi connectivity index (χ2n) is 3.42. The van der Waals surface area contributed by atoms with E-state index in [1.165, 1.54) is 13.4 Å². The molecule has 0 saturated carbocycles. The van der Waals surface area contributed by atoms with Crippen LogP contribution in [0, 0.1) is 6.92 Å². The third-order valence-electron chi connectivity index (χ3n) is 2.16. The molecule has 0 aliphatic carbocycles. The van der Waals surface area contributed by atoms with E-state index >= 15 is 0 Å². The normalized spacial score (nSPS) is 11.1. The van der Waals surface area contributed by atoms with Crippen LogP contribution in [0.5, 0.6) is 5.75 Å². The van der Waals surface area contributed by atoms with Crippen LogP contribution in [-0.2, 0) is 9.53 Å². The number of rotatable bonds is 4. The van der Waals surface area contributed by atoms with Crippen molar-refractivity contribution in [1.29, 1.82) is 0 Å². The predicted octanol–water partition coefficient (Wildman–Crippen LogP) is 2.84. The lowest BCUT2D eigenvalue weighted by atomic mass is 10.2. The van der Waals surface area contributed by atoms with E-state index < -0.39 is 0 Å². The Kier molecular flexibility index (Phi) is 4.58. The molecule has 0 bridgehead atoms. The first kappa shape index (κ1) is 12.3. The number of carbonyl (C=O) groups excluding carboxylic acids is 1. The minimum Gasteiger partial charge on any atom is -0.466 e. The molecule has 0 atom stereocenters. The standard InChI is InChI=1S/C13H16O3/c1-4-11(13(14)15-3)9-16-12-7-5-6-10(2)8-12/h5-9H,4H2,1-3H3/b11-9+. The van der Waals surface area contributed by atoms with Gasteiger partial charge in [-0.05, 0) is 31.0 Å². The lowest BCUT2D eigenvalue weighted by molar-refractivity contribution is -0.136. The molecule has 3 heteroatoms. The van der Waals surface area contributed by atoms with Crippen LogP contribution >= 0.6 is 0 Å². The van der Waals surface area contributed by atoms with E-state index in [9.17, 15) is 4.79 Å². The van der Waals surface area contributed by atoms with Crippen LogP contribution in [0.1, 0.15) is 18.9 Å². The smallest absolute Gasteiger partial charge is 0.336 e. The maximum Gasteiger partial charge on any atom is 0.336 e. The van der Waals surface area contributed by atoms with Crippen molar-refractivity contribution < 1.29 is 14.3 Å². The van der Waals surface area contributed by atoms with E-state index in [1.54, 1.807) is 0 Å². The molecule has 0 unspecified atom stereocenters. The van der Waals surface area contributed by atoms with Crippen LogP contribution < -0.4 is 4.74 Å². The monoisotopic (exact) mass is 220 g/mol. The first-order chi connectivity index (χ1) is 7.67. The molecule has 3 nitrogen and oxygen atoms in total. The summed E-state index contributed by atoms with van der Waals surface area (Å²) in [6, 6.07) is 7.63. The highest BCUT2D eigenvalue weighted by Gasteiger charge is 2.07. The molecule has 0 heterocycles. The second kappa shape index (κ2) is 5.95. The van der Waals surface area contributed by atoms with E-state index in [-0.39, 0.29) is 5.97 Å². The van der Waals surface area contributed by atoms with Crippen LogP contribution in [0.4, 0.5) is 0 Å². The van der Waals surface area contributed by atoms with Gasteiger partial charge >= 0.3 is 5.97 Å². The molecule has 16 heavy (non-hydrogen) atoms. The molecule has 0 N–H and O–H groups in total. The topological polar surface area (TPSA) is 35.5 Å². The Labute approximate surface area is 95.7 Å². The average Bonchev–Trinajstić information content (AvgIpc) is 2.29. The highest BCUT2D eigenvalue weighted by molar-refractivity contribution is 5.87. The lowest BCUT2D eigenvalue weighted by Gasteiger charge is -2.04. The minimum absolute atomic E-state index is 0.352. The van der Waals surface area contributed by atoms with Gasteiger partial charge in [0.1, 0.15) is 12.0 Å². The fraction of sp³-hybridized carbons (Fsp3) is 0.308. The number of benzene rings is 1. The Morgan fingerprint density at radius 2 is 2.19 bits per heavy atom. The lowest BCUT2D eigenvalue weighted by Crippen LogP contribution is -2.05. The molecule has 0 aliphatic rings. The van der Waals surface area contributed by atoms with Crippen molar-refractivity contribution in [2.75, 3.05) is 7.11 Å². The molecule has 0 radical (unpaired) electrons. The molecular formula is C13H16O3. The molecule has 0 amide bonds. The van der Waals surface area contributed by atoms with Crippen LogP contribution in [-0.4, -0.2) is 13.1 Å². The maximum absolute atomic E-state index is 11.3. The Morgan fingerprint density at radius 1 is 1.44 bits per heavy atom. The van der Waals surface area contributed by atoms with Crippen LogP contribution in [0.15, 0.2) is 36.1 Å². The van der Waals surface area contributed by atoms with E-state index in [4.69, 9.17) is 4.74 Å². The highest BCUT2D eigenvalue weighted by atomic mass is 16.5. The van der Waals surface area contributed by atoms with Gasteiger partial charge in [-0.1, -0.05) is 19.1 Å². The molecular weight excluding hydrogens is 204 g/mol. The Morgan fingerprint density at radius 3 is 2.75 bits per heavy atom. The van der Waals surface area contributed by atoms with E-state index in [1.807, 2.05) is 38.1 Å². The Hall–Kier alpha value is -1.77. The average molecular weight is 220 g/mol. The Bertz CT molecular complexity index is 394. The molecule has 0 fully saturated rings. The first-order valence-corrected chi connectivity index (χ1v) is 5.18. The summed E-state index contributed by atoms with van der Waals surface area (Å²) in [4.78, 5) is 11.3. The van der Waals surface area contributed by atoms with Crippen molar-refractivity contribution in [2.45, 2.75) is 20.3 Å². The van der Waals surface area contributed by atoms with Gasteiger partial charge in [-0.3, -0.25) is 0 Å². The zero-order valence-electron chi connectivity index (χ0n) is 9.82. The van der Waals surface area contributed by atoms with Gasteiger partial charge in [0.15, 0.2) is 0 Å². The van der Waals surface area contributed by atoms with Crippen molar-refractivity contribution in [1.82, 2.24) is 0 Å². The number of aryl methyl sites for hydroxylation is 1. The van der Waals surface area contributed by atoms with Gasteiger partial charge in [0.2, 0.25) is 0 Å². The minimum atomic E-state index is -0.352. The van der Waals surface area contributed by atoms with Gasteiger partial charge in [-0.2, -0.15) is 0 Å². The summed E-state index contributed by atoms with van der Waals surface area (Å²) in [5.74, 6) is 0.366. The van der Waals surface area contributed by atoms with Crippen molar-refractivity contribution in [3.05, 3.63) is 41.7 Å². The quantitative estimate of drug-likeness (QED) is 0.444. The Balaban J connectivity index is 2.74. The van der Waals surface area contributed by atoms with E-state index in [0.29, 0.717) is 12.0 Å². The molecule has 1 aromatic carbocycles. The highest BCUT2D eigenvalue weighted by Crippen LogP contribution is 2.14. The van der Waals surface area contributed by atoms with Crippen molar-refractivity contribution in [3.63, 3.8) is 0 Å². The molecule has 0 aliphatic heterocycles. The molecule has 1 aromatic rings. The first-order valence-electron chi connectivity index (χ1n) is 5.18. The number of hydrogen-bond acceptors (Lipinski definition) is 3. The van der Waals surface area contributed by atoms with Gasteiger partial charge in [0.25, 0.3) is 0 Å². The fourth-order valence-corrected chi connectivity index (χ4v) is 1.23. The zero-order chi connectivity index (χ0) is 12.0. The summed E-state index contributed by atoms with van der Waals surface area (Å²) in [7, 11) is 1.36. The zero-order valence-corrected chi connectivity index (χ0v) is 9.82. The van der Waals surface area contributed by atoms with Gasteiger partial charge in [0, 0.05) is 0 Å². The second-order valence-corrected chi connectivity index (χ2v) is 3.42. The molecule has 0 saturated heterocycles. The van der Waals surface area contributed by atoms with Crippen LogP contribution in [0.2, 0.25) is 0 Å². The predicted molar refractivity (Wildman–Crippen MR) is 62.2 cm³/mol. The summed E-state index contributed by atoms with van der Waals surface area (Å²) >= 11 is 0. The molecule has 0 aromatic heterocycles. The van der Waals surface area contributed by atoms with Gasteiger partial charge < -0.3 is 9.47 Å². The van der Waals surface area contributed by atoms with Crippen molar-refractivity contribution in [3.8, 4) is 5.75 Å². The van der Waals surface area contributed by atoms with Gasteiger partial charge in [-0.15, -0.1) is 0 Å². The van der Waals surface area contributed by atoms with E-state index in [2.05, 4.69) is 4.74 Å². The molecule has 0 spiro atoms. The molecule has 1 rings (SSSR count). The van der Waals surface area contributed by atoms with E-state index in [0.717, 1.165) is 11.3 Å². The summed E-state index contributed by atoms with van der Waals surface area (Å²) in [5.41, 5.74) is 1.63. The van der Waals surface area contributed by atoms with Crippen molar-refractivity contribution in [2.24, 2.45) is 0 Å². The maximum atomic E-state index is 11.3. The summed E-state index contributed by atoms with van der Waals surface area (Å²) < 4.78 is 10.0. The SMILES string of the molecule is CC/C(=C\Oc1cccc(C)c1)C(=O)OC. The number of methoxy groups -OCH3 is 1. The third kappa shape index (κ3) is 3.42. The van der Waals surface area contributed by atoms with Crippen LogP contribution in [0.3, 0.4) is 0 Å². The molecule has 86 valence electrons. The number of esters is 1. The van der Waals surface area contributed by atoms with Gasteiger partial charge in [-0.25, -0.2) is 4.79 Å². The van der Waals surface area contributed by atoms with Crippen LogP contribution in [0.25, 0.3) is 0 Å². The largest absolute Gasteiger partial charge is 0.466 e. The summed E-state index contributed by atoms with van der Waals surface area (Å²) in [6.45, 7) is 3.86. The number of ether oxygens (including phenoxy) is 2. The number of hydrogen-bond donors (Lipinski definition) is 0. The fourth-order valence-electron chi connectivity index (χ4n) is 1.23.